The Morgan fingerprint density at radius 3 is 2.68 bits per heavy atom. The zero-order valence-corrected chi connectivity index (χ0v) is 11.8. The topological polar surface area (TPSA) is 68.0 Å². The summed E-state index contributed by atoms with van der Waals surface area (Å²) in [7, 11) is 0. The second kappa shape index (κ2) is 6.08. The van der Waals surface area contributed by atoms with Gasteiger partial charge in [-0.2, -0.15) is 0 Å². The molecule has 0 aliphatic carbocycles. The third kappa shape index (κ3) is 3.48. The fourth-order valence-corrected chi connectivity index (χ4v) is 2.60. The number of carboxylic acid groups (broad SMARTS) is 1. The highest BCUT2D eigenvalue weighted by Gasteiger charge is 2.11. The summed E-state index contributed by atoms with van der Waals surface area (Å²) in [5.74, 6) is 0.392. The van der Waals surface area contributed by atoms with E-state index in [4.69, 9.17) is 16.7 Å². The first-order valence-corrected chi connectivity index (χ1v) is 6.97. The Morgan fingerprint density at radius 1 is 1.37 bits per heavy atom. The van der Waals surface area contributed by atoms with Crippen molar-refractivity contribution in [1.82, 2.24) is 14.8 Å². The minimum atomic E-state index is -0.818. The second-order valence-electron chi connectivity index (χ2n) is 3.83. The number of carbonyl (C=O) groups is 1. The molecule has 0 radical (unpaired) electrons. The third-order valence-corrected chi connectivity index (χ3v) is 3.61. The van der Waals surface area contributed by atoms with Gasteiger partial charge in [-0.25, -0.2) is 0 Å². The van der Waals surface area contributed by atoms with Crippen LogP contribution in [0.5, 0.6) is 0 Å². The van der Waals surface area contributed by atoms with Gasteiger partial charge in [-0.1, -0.05) is 23.4 Å². The zero-order chi connectivity index (χ0) is 13.8. The van der Waals surface area contributed by atoms with Gasteiger partial charge in [0.1, 0.15) is 5.82 Å². The van der Waals surface area contributed by atoms with Crippen LogP contribution in [0.1, 0.15) is 12.2 Å². The van der Waals surface area contributed by atoms with Crippen molar-refractivity contribution < 1.29 is 9.90 Å². The zero-order valence-electron chi connectivity index (χ0n) is 10.2. The lowest BCUT2D eigenvalue weighted by Gasteiger charge is -2.07. The number of aliphatic carboxylic acids is 1. The van der Waals surface area contributed by atoms with Crippen LogP contribution in [-0.2, 0) is 4.79 Å². The van der Waals surface area contributed by atoms with E-state index >= 15 is 0 Å². The van der Waals surface area contributed by atoms with Gasteiger partial charge in [-0.3, -0.25) is 9.36 Å². The Bertz CT molecular complexity index is 583. The Kier molecular flexibility index (Phi) is 4.44. The molecule has 0 atom stereocenters. The summed E-state index contributed by atoms with van der Waals surface area (Å²) in [6, 6.07) is 7.34. The van der Waals surface area contributed by atoms with Crippen molar-refractivity contribution in [2.75, 3.05) is 5.75 Å². The van der Waals surface area contributed by atoms with E-state index in [2.05, 4.69) is 10.2 Å². The van der Waals surface area contributed by atoms with Crippen LogP contribution in [0.3, 0.4) is 0 Å². The molecule has 0 aliphatic rings. The van der Waals surface area contributed by atoms with Gasteiger partial charge >= 0.3 is 5.97 Å². The third-order valence-electron chi connectivity index (χ3n) is 2.43. The lowest BCUT2D eigenvalue weighted by molar-refractivity contribution is -0.136. The largest absolute Gasteiger partial charge is 0.481 e. The monoisotopic (exact) mass is 297 g/mol. The summed E-state index contributed by atoms with van der Waals surface area (Å²) in [5, 5.41) is 18.1. The number of aryl methyl sites for hydroxylation is 1. The highest BCUT2D eigenvalue weighted by molar-refractivity contribution is 7.99. The number of halogens is 1. The number of hydrogen-bond donors (Lipinski definition) is 1. The summed E-state index contributed by atoms with van der Waals surface area (Å²) in [6.45, 7) is 1.85. The number of thioether (sulfide) groups is 1. The van der Waals surface area contributed by atoms with Crippen LogP contribution >= 0.6 is 23.4 Å². The van der Waals surface area contributed by atoms with E-state index < -0.39 is 5.97 Å². The molecule has 0 bridgehead atoms. The van der Waals surface area contributed by atoms with E-state index in [0.29, 0.717) is 15.9 Å². The van der Waals surface area contributed by atoms with Crippen molar-refractivity contribution in [1.29, 1.82) is 0 Å². The predicted octanol–water partition coefficient (Wildman–Crippen LogP) is 2.80. The van der Waals surface area contributed by atoms with E-state index in [1.54, 1.807) is 12.1 Å². The smallest absolute Gasteiger partial charge is 0.304 e. The lowest BCUT2D eigenvalue weighted by atomic mass is 10.3. The van der Waals surface area contributed by atoms with Gasteiger partial charge in [0, 0.05) is 16.5 Å². The molecule has 19 heavy (non-hydrogen) atoms. The number of aromatic nitrogens is 3. The molecule has 0 saturated heterocycles. The van der Waals surface area contributed by atoms with E-state index in [1.807, 2.05) is 23.6 Å². The predicted molar refractivity (Wildman–Crippen MR) is 74.1 cm³/mol. The molecule has 100 valence electrons. The molecular weight excluding hydrogens is 286 g/mol. The maximum atomic E-state index is 10.5. The Labute approximate surface area is 119 Å². The average Bonchev–Trinajstić information content (AvgIpc) is 2.72. The molecule has 1 aromatic carbocycles. The number of rotatable bonds is 5. The summed E-state index contributed by atoms with van der Waals surface area (Å²) < 4.78 is 1.88. The Morgan fingerprint density at radius 2 is 2.05 bits per heavy atom. The van der Waals surface area contributed by atoms with Gasteiger partial charge in [-0.15, -0.1) is 10.2 Å². The molecule has 0 aliphatic heterocycles. The number of benzene rings is 1. The van der Waals surface area contributed by atoms with Gasteiger partial charge in [0.05, 0.1) is 6.42 Å². The quantitative estimate of drug-likeness (QED) is 0.860. The van der Waals surface area contributed by atoms with Gasteiger partial charge in [0.15, 0.2) is 5.16 Å². The van der Waals surface area contributed by atoms with Gasteiger partial charge in [-0.05, 0) is 31.2 Å². The molecule has 2 rings (SSSR count). The fraction of sp³-hybridized carbons (Fsp3) is 0.250. The molecule has 2 aromatic rings. The highest BCUT2D eigenvalue weighted by Crippen LogP contribution is 2.23. The van der Waals surface area contributed by atoms with Crippen molar-refractivity contribution in [3.63, 3.8) is 0 Å². The summed E-state index contributed by atoms with van der Waals surface area (Å²) in [4.78, 5) is 10.5. The molecule has 1 aromatic heterocycles. The van der Waals surface area contributed by atoms with Crippen molar-refractivity contribution in [2.24, 2.45) is 0 Å². The molecule has 5 nitrogen and oxygen atoms in total. The maximum absolute atomic E-state index is 10.5. The van der Waals surface area contributed by atoms with Gasteiger partial charge in [0.25, 0.3) is 0 Å². The lowest BCUT2D eigenvalue weighted by Crippen LogP contribution is -2.01. The minimum Gasteiger partial charge on any atom is -0.481 e. The molecule has 0 spiro atoms. The Hall–Kier alpha value is -1.53. The summed E-state index contributed by atoms with van der Waals surface area (Å²) >= 11 is 7.23. The summed E-state index contributed by atoms with van der Waals surface area (Å²) in [6.07, 6.45) is 0.0944. The molecule has 0 saturated carbocycles. The highest BCUT2D eigenvalue weighted by atomic mass is 35.5. The molecule has 0 unspecified atom stereocenters. The van der Waals surface area contributed by atoms with E-state index in [0.717, 1.165) is 11.5 Å². The molecule has 1 N–H and O–H groups in total. The van der Waals surface area contributed by atoms with E-state index in [9.17, 15) is 4.79 Å². The first kappa shape index (κ1) is 13.9. The van der Waals surface area contributed by atoms with Crippen molar-refractivity contribution in [2.45, 2.75) is 18.5 Å². The van der Waals surface area contributed by atoms with Crippen LogP contribution in [0.2, 0.25) is 5.02 Å². The molecular formula is C12H12ClN3O2S. The normalized spacial score (nSPS) is 10.6. The van der Waals surface area contributed by atoms with Crippen LogP contribution in [0.25, 0.3) is 5.69 Å². The maximum Gasteiger partial charge on any atom is 0.304 e. The van der Waals surface area contributed by atoms with E-state index in [1.165, 1.54) is 11.8 Å². The van der Waals surface area contributed by atoms with Crippen LogP contribution in [0, 0.1) is 6.92 Å². The SMILES string of the molecule is Cc1nnc(SCCC(=O)O)n1-c1ccc(Cl)cc1. The second-order valence-corrected chi connectivity index (χ2v) is 5.33. The molecule has 0 amide bonds. The average molecular weight is 298 g/mol. The molecule has 7 heteroatoms. The van der Waals surface area contributed by atoms with Crippen LogP contribution in [0.4, 0.5) is 0 Å². The van der Waals surface area contributed by atoms with E-state index in [-0.39, 0.29) is 6.42 Å². The summed E-state index contributed by atoms with van der Waals surface area (Å²) in [5.41, 5.74) is 0.907. The number of hydrogen-bond acceptors (Lipinski definition) is 4. The first-order valence-electron chi connectivity index (χ1n) is 5.60. The van der Waals surface area contributed by atoms with Crippen LogP contribution in [0.15, 0.2) is 29.4 Å². The molecule has 1 heterocycles. The minimum absolute atomic E-state index is 0.0944. The first-order chi connectivity index (χ1) is 9.08. The van der Waals surface area contributed by atoms with Crippen molar-refractivity contribution >= 4 is 29.3 Å². The fourth-order valence-electron chi connectivity index (χ4n) is 1.55. The van der Waals surface area contributed by atoms with Crippen LogP contribution < -0.4 is 0 Å². The van der Waals surface area contributed by atoms with Gasteiger partial charge < -0.3 is 5.11 Å². The van der Waals surface area contributed by atoms with Crippen molar-refractivity contribution in [3.05, 3.63) is 35.1 Å². The van der Waals surface area contributed by atoms with Gasteiger partial charge in [0.2, 0.25) is 0 Å². The van der Waals surface area contributed by atoms with Crippen LogP contribution in [-0.4, -0.2) is 31.6 Å². The Balaban J connectivity index is 2.22. The molecule has 0 fully saturated rings. The number of carboxylic acids is 1. The van der Waals surface area contributed by atoms with Crippen molar-refractivity contribution in [3.8, 4) is 5.69 Å². The number of nitrogens with zero attached hydrogens (tertiary/aromatic N) is 3. The standard InChI is InChI=1S/C12H12ClN3O2S/c1-8-14-15-12(19-7-6-11(17)18)16(8)10-4-2-9(13)3-5-10/h2-5H,6-7H2,1H3,(H,17,18).